The number of para-hydroxylation sites is 2. The van der Waals surface area contributed by atoms with Gasteiger partial charge in [-0.1, -0.05) is 55.7 Å². The molecule has 0 saturated heterocycles. The summed E-state index contributed by atoms with van der Waals surface area (Å²) in [5.74, 6) is -1.67. The van der Waals surface area contributed by atoms with E-state index >= 15 is 0 Å². The highest BCUT2D eigenvalue weighted by atomic mass is 16.2. The van der Waals surface area contributed by atoms with Gasteiger partial charge in [-0.3, -0.25) is 19.2 Å². The van der Waals surface area contributed by atoms with Crippen LogP contribution in [0.1, 0.15) is 32.1 Å². The highest BCUT2D eigenvalue weighted by Gasteiger charge is 2.52. The monoisotopic (exact) mass is 426 g/mol. The number of nitrogens with zero attached hydrogens (tertiary/aromatic N) is 2. The molecule has 160 valence electrons. The molecule has 0 atom stereocenters. The molecule has 1 saturated carbocycles. The molecule has 5 rings (SSSR count). The Morgan fingerprint density at radius 1 is 0.562 bits per heavy atom. The third-order valence-corrected chi connectivity index (χ3v) is 6.61. The zero-order chi connectivity index (χ0) is 22.3. The molecule has 6 heteroatoms. The predicted octanol–water partition coefficient (Wildman–Crippen LogP) is 3.94. The Kier molecular flexibility index (Phi) is 4.85. The molecule has 0 N–H and O–H groups in total. The molecular weight excluding hydrogens is 404 g/mol. The van der Waals surface area contributed by atoms with Crippen LogP contribution in [0.4, 0.5) is 11.4 Å². The molecule has 6 nitrogen and oxygen atoms in total. The summed E-state index contributed by atoms with van der Waals surface area (Å²) in [6, 6.07) is 17.5. The fraction of sp³-hybridized carbons (Fsp3) is 0.231. The van der Waals surface area contributed by atoms with Crippen molar-refractivity contribution in [2.24, 2.45) is 5.41 Å². The lowest BCUT2D eigenvalue weighted by molar-refractivity contribution is -0.121. The normalized spacial score (nSPS) is 20.6. The summed E-state index contributed by atoms with van der Waals surface area (Å²) in [6.07, 6.45) is 6.44. The molecule has 0 aromatic heterocycles. The van der Waals surface area contributed by atoms with Crippen molar-refractivity contribution < 1.29 is 19.2 Å². The largest absolute Gasteiger partial charge is 0.269 e. The fourth-order valence-electron chi connectivity index (χ4n) is 5.11. The molecule has 0 unspecified atom stereocenters. The first-order chi connectivity index (χ1) is 15.5. The lowest BCUT2D eigenvalue weighted by atomic mass is 9.64. The van der Waals surface area contributed by atoms with Crippen LogP contribution in [0.3, 0.4) is 0 Å². The first-order valence-corrected chi connectivity index (χ1v) is 10.8. The number of anilines is 2. The number of hydrogen-bond donors (Lipinski definition) is 0. The highest BCUT2D eigenvalue weighted by Crippen LogP contribution is 2.52. The quantitative estimate of drug-likeness (QED) is 0.694. The maximum Gasteiger partial charge on any atom is 0.262 e. The van der Waals surface area contributed by atoms with Crippen LogP contribution in [-0.2, 0) is 19.2 Å². The van der Waals surface area contributed by atoms with Gasteiger partial charge in [0.2, 0.25) is 0 Å². The predicted molar refractivity (Wildman–Crippen MR) is 120 cm³/mol. The van der Waals surface area contributed by atoms with Gasteiger partial charge in [0.15, 0.2) is 0 Å². The average Bonchev–Trinajstić information content (AvgIpc) is 3.30. The average molecular weight is 426 g/mol. The summed E-state index contributed by atoms with van der Waals surface area (Å²) in [7, 11) is 0. The second kappa shape index (κ2) is 7.71. The van der Waals surface area contributed by atoms with Gasteiger partial charge in [0.25, 0.3) is 23.6 Å². The van der Waals surface area contributed by atoms with Crippen LogP contribution in [0.2, 0.25) is 0 Å². The molecule has 2 aliphatic heterocycles. The van der Waals surface area contributed by atoms with Crippen molar-refractivity contribution in [2.75, 3.05) is 9.80 Å². The zero-order valence-electron chi connectivity index (χ0n) is 17.5. The lowest BCUT2D eigenvalue weighted by Gasteiger charge is -2.38. The van der Waals surface area contributed by atoms with E-state index in [1.165, 1.54) is 12.2 Å². The van der Waals surface area contributed by atoms with Gasteiger partial charge in [0.05, 0.1) is 11.4 Å². The summed E-state index contributed by atoms with van der Waals surface area (Å²) >= 11 is 0. The van der Waals surface area contributed by atoms with Crippen LogP contribution in [0, 0.1) is 5.41 Å². The topological polar surface area (TPSA) is 74.8 Å². The van der Waals surface area contributed by atoms with Gasteiger partial charge < -0.3 is 0 Å². The summed E-state index contributed by atoms with van der Waals surface area (Å²) < 4.78 is 0. The molecule has 0 spiro atoms. The highest BCUT2D eigenvalue weighted by molar-refractivity contribution is 6.34. The standard InChI is InChI=1S/C26H22N2O4/c29-22-16-20(24(31)27(22)18-10-4-1-5-11-18)26(14-8-3-9-15-26)21-17-23(30)28(25(21)32)19-12-6-2-7-13-19/h1-2,4-7,10-13,16-17H,3,8-9,14-15H2. The van der Waals surface area contributed by atoms with E-state index in [0.29, 0.717) is 35.4 Å². The zero-order valence-corrected chi connectivity index (χ0v) is 17.5. The summed E-state index contributed by atoms with van der Waals surface area (Å²) in [4.78, 5) is 55.1. The SMILES string of the molecule is O=C1C=C(C2(C3=CC(=O)N(c4ccccc4)C3=O)CCCCC2)C(=O)N1c1ccccc1. The van der Waals surface area contributed by atoms with Crippen molar-refractivity contribution in [1.82, 2.24) is 0 Å². The smallest absolute Gasteiger partial charge is 0.262 e. The Bertz CT molecular complexity index is 1090. The Balaban J connectivity index is 1.56. The third kappa shape index (κ3) is 3.02. The van der Waals surface area contributed by atoms with E-state index in [2.05, 4.69) is 0 Å². The van der Waals surface area contributed by atoms with Crippen LogP contribution < -0.4 is 9.80 Å². The van der Waals surface area contributed by atoms with E-state index in [-0.39, 0.29) is 0 Å². The van der Waals surface area contributed by atoms with E-state index in [1.54, 1.807) is 48.5 Å². The number of imide groups is 2. The van der Waals surface area contributed by atoms with Gasteiger partial charge >= 0.3 is 0 Å². The number of amides is 4. The summed E-state index contributed by atoms with van der Waals surface area (Å²) in [6.45, 7) is 0. The van der Waals surface area contributed by atoms with E-state index < -0.39 is 29.0 Å². The summed E-state index contributed by atoms with van der Waals surface area (Å²) in [5, 5.41) is 0. The molecule has 2 aromatic carbocycles. The minimum atomic E-state index is -0.940. The molecule has 4 amide bonds. The molecule has 1 aliphatic carbocycles. The third-order valence-electron chi connectivity index (χ3n) is 6.61. The van der Waals surface area contributed by atoms with Crippen LogP contribution in [0.25, 0.3) is 0 Å². The second-order valence-corrected chi connectivity index (χ2v) is 8.39. The van der Waals surface area contributed by atoms with E-state index in [1.807, 2.05) is 12.1 Å². The maximum atomic E-state index is 13.5. The van der Waals surface area contributed by atoms with Gasteiger partial charge in [0, 0.05) is 28.7 Å². The maximum absolute atomic E-state index is 13.5. The molecule has 32 heavy (non-hydrogen) atoms. The molecule has 0 bridgehead atoms. The Morgan fingerprint density at radius 3 is 1.38 bits per heavy atom. The van der Waals surface area contributed by atoms with Crippen LogP contribution >= 0.6 is 0 Å². The van der Waals surface area contributed by atoms with Gasteiger partial charge in [-0.05, 0) is 37.1 Å². The van der Waals surface area contributed by atoms with E-state index in [9.17, 15) is 19.2 Å². The molecular formula is C26H22N2O4. The Morgan fingerprint density at radius 2 is 0.969 bits per heavy atom. The van der Waals surface area contributed by atoms with Gasteiger partial charge in [0.1, 0.15) is 0 Å². The van der Waals surface area contributed by atoms with E-state index in [0.717, 1.165) is 29.1 Å². The number of benzene rings is 2. The van der Waals surface area contributed by atoms with Crippen LogP contribution in [0.15, 0.2) is 84.0 Å². The molecule has 3 aliphatic rings. The number of rotatable bonds is 4. The number of carbonyl (C=O) groups excluding carboxylic acids is 4. The minimum absolute atomic E-state index is 0.313. The fourth-order valence-corrected chi connectivity index (χ4v) is 5.11. The first-order valence-electron chi connectivity index (χ1n) is 10.8. The summed E-state index contributed by atoms with van der Waals surface area (Å²) in [5.41, 5.74) is 0.675. The van der Waals surface area contributed by atoms with Crippen molar-refractivity contribution in [3.8, 4) is 0 Å². The van der Waals surface area contributed by atoms with E-state index in [4.69, 9.17) is 0 Å². The Labute approximate surface area is 185 Å². The van der Waals surface area contributed by atoms with Crippen molar-refractivity contribution in [3.63, 3.8) is 0 Å². The second-order valence-electron chi connectivity index (χ2n) is 8.39. The van der Waals surface area contributed by atoms with Gasteiger partial charge in [-0.2, -0.15) is 0 Å². The van der Waals surface area contributed by atoms with Crippen molar-refractivity contribution >= 4 is 35.0 Å². The first kappa shape index (κ1) is 20.1. The number of carbonyl (C=O) groups is 4. The Hall–Kier alpha value is -3.80. The van der Waals surface area contributed by atoms with Gasteiger partial charge in [-0.25, -0.2) is 9.80 Å². The lowest BCUT2D eigenvalue weighted by Crippen LogP contribution is -2.40. The molecule has 0 radical (unpaired) electrons. The van der Waals surface area contributed by atoms with Gasteiger partial charge in [-0.15, -0.1) is 0 Å². The van der Waals surface area contributed by atoms with Crippen LogP contribution in [0.5, 0.6) is 0 Å². The van der Waals surface area contributed by atoms with Crippen LogP contribution in [-0.4, -0.2) is 23.6 Å². The van der Waals surface area contributed by atoms with Crippen molar-refractivity contribution in [3.05, 3.63) is 84.0 Å². The minimum Gasteiger partial charge on any atom is -0.269 e. The number of hydrogen-bond acceptors (Lipinski definition) is 4. The molecule has 2 heterocycles. The molecule has 2 aromatic rings. The van der Waals surface area contributed by atoms with Crippen molar-refractivity contribution in [1.29, 1.82) is 0 Å². The van der Waals surface area contributed by atoms with Crippen molar-refractivity contribution in [2.45, 2.75) is 32.1 Å². The molecule has 1 fully saturated rings.